The van der Waals surface area contributed by atoms with Crippen molar-refractivity contribution in [1.82, 2.24) is 4.98 Å². The van der Waals surface area contributed by atoms with Crippen LogP contribution < -0.4 is 5.32 Å². The largest absolute Gasteiger partial charge is 0.508 e. The number of fused-ring (bicyclic) bond motifs is 2. The first-order valence-corrected chi connectivity index (χ1v) is 7.14. The number of aromatic hydroxyl groups is 1. The number of hydrogen-bond donors (Lipinski definition) is 3. The third-order valence-electron chi connectivity index (χ3n) is 3.77. The number of amides is 1. The van der Waals surface area contributed by atoms with Crippen molar-refractivity contribution < 1.29 is 9.90 Å². The van der Waals surface area contributed by atoms with E-state index in [1.54, 1.807) is 24.3 Å². The second-order valence-electron chi connectivity index (χ2n) is 5.14. The van der Waals surface area contributed by atoms with E-state index in [2.05, 4.69) is 10.3 Å². The predicted octanol–water partition coefficient (Wildman–Crippen LogP) is 4.02. The van der Waals surface area contributed by atoms with E-state index in [1.807, 2.05) is 24.3 Å². The Bertz CT molecular complexity index is 956. The Morgan fingerprint density at radius 1 is 1.14 bits per heavy atom. The monoisotopic (exact) mass is 310 g/mol. The summed E-state index contributed by atoms with van der Waals surface area (Å²) in [5.74, 6) is -0.00846. The summed E-state index contributed by atoms with van der Waals surface area (Å²) in [6, 6.07) is 12.5. The molecule has 1 amide bonds. The highest BCUT2D eigenvalue weighted by atomic mass is 35.5. The summed E-state index contributed by atoms with van der Waals surface area (Å²) in [6.07, 6.45) is 1.75. The number of hydrogen-bond acceptors (Lipinski definition) is 2. The summed E-state index contributed by atoms with van der Waals surface area (Å²) in [6.45, 7) is 0. The zero-order valence-corrected chi connectivity index (χ0v) is 12.1. The first kappa shape index (κ1) is 13.0. The molecule has 0 fully saturated rings. The number of para-hydroxylation sites is 1. The maximum absolute atomic E-state index is 12.2. The van der Waals surface area contributed by atoms with Gasteiger partial charge in [0.1, 0.15) is 10.9 Å². The van der Waals surface area contributed by atoms with Crippen molar-refractivity contribution in [1.29, 1.82) is 0 Å². The van der Waals surface area contributed by atoms with Crippen LogP contribution in [0.25, 0.3) is 22.6 Å². The molecule has 3 aromatic rings. The first-order chi connectivity index (χ1) is 10.6. The van der Waals surface area contributed by atoms with Crippen LogP contribution in [0.2, 0.25) is 5.15 Å². The number of phenols is 1. The Kier molecular flexibility index (Phi) is 2.74. The third kappa shape index (κ3) is 1.89. The predicted molar refractivity (Wildman–Crippen MR) is 87.9 cm³/mol. The summed E-state index contributed by atoms with van der Waals surface area (Å²) >= 11 is 6.26. The lowest BCUT2D eigenvalue weighted by Gasteiger charge is -1.99. The quantitative estimate of drug-likeness (QED) is 0.594. The van der Waals surface area contributed by atoms with Gasteiger partial charge >= 0.3 is 0 Å². The molecule has 2 heterocycles. The SMILES string of the molecule is O=C1Nc2ccccc2C1=Cc1c(Cl)[nH]c2ccc(O)cc12. The van der Waals surface area contributed by atoms with Gasteiger partial charge in [0.15, 0.2) is 0 Å². The van der Waals surface area contributed by atoms with Crippen LogP contribution in [-0.2, 0) is 4.79 Å². The summed E-state index contributed by atoms with van der Waals surface area (Å²) in [5.41, 5.74) is 3.69. The number of carbonyl (C=O) groups is 1. The molecule has 2 aromatic carbocycles. The van der Waals surface area contributed by atoms with E-state index in [0.717, 1.165) is 22.2 Å². The van der Waals surface area contributed by atoms with Gasteiger partial charge in [-0.2, -0.15) is 0 Å². The molecule has 4 nitrogen and oxygen atoms in total. The van der Waals surface area contributed by atoms with Gasteiger partial charge in [-0.3, -0.25) is 4.79 Å². The zero-order chi connectivity index (χ0) is 15.3. The highest BCUT2D eigenvalue weighted by Crippen LogP contribution is 2.36. The van der Waals surface area contributed by atoms with Crippen LogP contribution in [0.15, 0.2) is 42.5 Å². The smallest absolute Gasteiger partial charge is 0.256 e. The lowest BCUT2D eigenvalue weighted by molar-refractivity contribution is -0.110. The first-order valence-electron chi connectivity index (χ1n) is 6.76. The molecule has 0 bridgehead atoms. The molecular weight excluding hydrogens is 300 g/mol. The van der Waals surface area contributed by atoms with Gasteiger partial charge in [-0.05, 0) is 30.3 Å². The molecule has 1 aliphatic rings. The fourth-order valence-electron chi connectivity index (χ4n) is 2.74. The number of benzene rings is 2. The van der Waals surface area contributed by atoms with E-state index in [-0.39, 0.29) is 11.7 Å². The molecule has 108 valence electrons. The minimum absolute atomic E-state index is 0.152. The summed E-state index contributed by atoms with van der Waals surface area (Å²) in [4.78, 5) is 15.2. The molecule has 0 aliphatic carbocycles. The Morgan fingerprint density at radius 2 is 1.95 bits per heavy atom. The summed E-state index contributed by atoms with van der Waals surface area (Å²) in [5, 5.41) is 13.7. The highest BCUT2D eigenvalue weighted by Gasteiger charge is 2.24. The number of aromatic amines is 1. The van der Waals surface area contributed by atoms with E-state index < -0.39 is 0 Å². The van der Waals surface area contributed by atoms with Crippen molar-refractivity contribution >= 4 is 45.7 Å². The second-order valence-corrected chi connectivity index (χ2v) is 5.52. The Balaban J connectivity index is 1.95. The van der Waals surface area contributed by atoms with Gasteiger partial charge in [-0.25, -0.2) is 0 Å². The molecule has 0 radical (unpaired) electrons. The highest BCUT2D eigenvalue weighted by molar-refractivity contribution is 6.37. The maximum Gasteiger partial charge on any atom is 0.256 e. The van der Waals surface area contributed by atoms with Gasteiger partial charge < -0.3 is 15.4 Å². The lowest BCUT2D eigenvalue weighted by atomic mass is 10.0. The van der Waals surface area contributed by atoms with E-state index in [0.29, 0.717) is 16.3 Å². The molecule has 5 heteroatoms. The van der Waals surface area contributed by atoms with Gasteiger partial charge in [0.05, 0.1) is 0 Å². The van der Waals surface area contributed by atoms with Gasteiger partial charge in [0.25, 0.3) is 5.91 Å². The van der Waals surface area contributed by atoms with Crippen molar-refractivity contribution in [3.63, 3.8) is 0 Å². The fourth-order valence-corrected chi connectivity index (χ4v) is 2.99. The summed E-state index contributed by atoms with van der Waals surface area (Å²) in [7, 11) is 0. The van der Waals surface area contributed by atoms with Crippen molar-refractivity contribution in [2.24, 2.45) is 0 Å². The number of H-pyrrole nitrogens is 1. The molecule has 4 rings (SSSR count). The second kappa shape index (κ2) is 4.64. The minimum atomic E-state index is -0.160. The number of carbonyl (C=O) groups excluding carboxylic acids is 1. The van der Waals surface area contributed by atoms with E-state index in [1.165, 1.54) is 0 Å². The average molecular weight is 311 g/mol. The molecular formula is C17H11ClN2O2. The van der Waals surface area contributed by atoms with Gasteiger partial charge in [-0.1, -0.05) is 29.8 Å². The minimum Gasteiger partial charge on any atom is -0.508 e. The molecule has 0 unspecified atom stereocenters. The third-order valence-corrected chi connectivity index (χ3v) is 4.07. The van der Waals surface area contributed by atoms with E-state index >= 15 is 0 Å². The van der Waals surface area contributed by atoms with Crippen LogP contribution in [0.4, 0.5) is 5.69 Å². The van der Waals surface area contributed by atoms with Gasteiger partial charge in [0, 0.05) is 33.3 Å². The van der Waals surface area contributed by atoms with Crippen LogP contribution in [0, 0.1) is 0 Å². The van der Waals surface area contributed by atoms with Crippen molar-refractivity contribution in [2.75, 3.05) is 5.32 Å². The van der Waals surface area contributed by atoms with Crippen molar-refractivity contribution in [2.45, 2.75) is 0 Å². The number of rotatable bonds is 1. The molecule has 0 saturated carbocycles. The van der Waals surface area contributed by atoms with Gasteiger partial charge in [-0.15, -0.1) is 0 Å². The molecule has 1 aromatic heterocycles. The molecule has 0 spiro atoms. The molecule has 0 atom stereocenters. The van der Waals surface area contributed by atoms with Crippen LogP contribution >= 0.6 is 11.6 Å². The Hall–Kier alpha value is -2.72. The zero-order valence-electron chi connectivity index (χ0n) is 11.4. The van der Waals surface area contributed by atoms with E-state index in [4.69, 9.17) is 11.6 Å². The maximum atomic E-state index is 12.2. The average Bonchev–Trinajstić information content (AvgIpc) is 2.98. The van der Waals surface area contributed by atoms with Crippen molar-refractivity contribution in [3.8, 4) is 5.75 Å². The standard InChI is InChI=1S/C17H11ClN2O2/c18-16-12(11-7-9(21)5-6-15(11)19-16)8-13-10-3-1-2-4-14(10)20-17(13)22/h1-8,19,21H,(H,20,22). The Morgan fingerprint density at radius 3 is 2.82 bits per heavy atom. The van der Waals surface area contributed by atoms with Crippen LogP contribution in [0.5, 0.6) is 5.75 Å². The molecule has 22 heavy (non-hydrogen) atoms. The van der Waals surface area contributed by atoms with Crippen LogP contribution in [0.1, 0.15) is 11.1 Å². The fraction of sp³-hybridized carbons (Fsp3) is 0. The summed E-state index contributed by atoms with van der Waals surface area (Å²) < 4.78 is 0. The Labute approximate surface area is 131 Å². The van der Waals surface area contributed by atoms with Crippen LogP contribution in [-0.4, -0.2) is 16.0 Å². The van der Waals surface area contributed by atoms with E-state index in [9.17, 15) is 9.90 Å². The topological polar surface area (TPSA) is 65.1 Å². The molecule has 3 N–H and O–H groups in total. The molecule has 1 aliphatic heterocycles. The number of halogens is 1. The van der Waals surface area contributed by atoms with Crippen LogP contribution in [0.3, 0.4) is 0 Å². The number of aromatic nitrogens is 1. The lowest BCUT2D eigenvalue weighted by Crippen LogP contribution is -2.03. The number of anilines is 1. The van der Waals surface area contributed by atoms with Crippen molar-refractivity contribution in [3.05, 3.63) is 58.7 Å². The van der Waals surface area contributed by atoms with Gasteiger partial charge in [0.2, 0.25) is 0 Å². The normalized spacial score (nSPS) is 15.3. The molecule has 0 saturated heterocycles. The number of nitrogens with one attached hydrogen (secondary N) is 2. The number of phenolic OH excluding ortho intramolecular Hbond substituents is 1.